The molecule has 6 aliphatic rings. The SMILES string of the molecule is CC1CCCc2[nH]ncc21.CC1CCc2[nH]ncc2C1.CC1CCc2cn[nH]c2C1.Cc1[nH]nc2c1CCCC2.Cc1ccc2ncoc2n1.Cc1ccnc2ocnc12.Cc1cnc2ocnc2c1.Cc1nc2cccnc2o1.Cn1ncc2c1CCC2.Cn1ncc2c1CCCC2. The van der Waals surface area contributed by atoms with Crippen LogP contribution in [0.15, 0.2) is 123 Å². The maximum absolute atomic E-state index is 5.15. The molecule has 20 rings (SSSR count). The topological polar surface area (TPSA) is 306 Å². The van der Waals surface area contributed by atoms with Gasteiger partial charge in [-0.3, -0.25) is 29.8 Å². The van der Waals surface area contributed by atoms with Gasteiger partial charge < -0.3 is 17.7 Å². The molecule has 0 bridgehead atoms. The van der Waals surface area contributed by atoms with Crippen molar-refractivity contribution in [3.05, 3.63) is 201 Å². The molecule has 3 atom stereocenters. The van der Waals surface area contributed by atoms with Gasteiger partial charge in [0.15, 0.2) is 25.1 Å². The maximum atomic E-state index is 5.15. The first-order chi connectivity index (χ1) is 48.2. The van der Waals surface area contributed by atoms with Crippen LogP contribution in [0.5, 0.6) is 0 Å². The molecule has 0 radical (unpaired) electrons. The van der Waals surface area contributed by atoms with Crippen LogP contribution in [0.3, 0.4) is 0 Å². The second-order valence-corrected chi connectivity index (χ2v) is 26.6. The molecular formula is C75H94N20O4. The summed E-state index contributed by atoms with van der Waals surface area (Å²) < 4.78 is 24.0. The van der Waals surface area contributed by atoms with Gasteiger partial charge in [-0.2, -0.15) is 30.6 Å². The van der Waals surface area contributed by atoms with E-state index in [1.165, 1.54) is 221 Å². The number of oxazole rings is 4. The number of pyridine rings is 4. The van der Waals surface area contributed by atoms with Crippen molar-refractivity contribution in [2.24, 2.45) is 25.9 Å². The summed E-state index contributed by atoms with van der Waals surface area (Å²) in [5.41, 5.74) is 27.1. The van der Waals surface area contributed by atoms with E-state index in [9.17, 15) is 0 Å². The summed E-state index contributed by atoms with van der Waals surface area (Å²) in [5, 5.41) is 36.8. The van der Waals surface area contributed by atoms with E-state index < -0.39 is 0 Å². The van der Waals surface area contributed by atoms with Gasteiger partial charge in [-0.25, -0.2) is 39.9 Å². The lowest BCUT2D eigenvalue weighted by Crippen LogP contribution is -2.09. The average molecular weight is 1340 g/mol. The minimum Gasteiger partial charge on any atom is -0.425 e. The van der Waals surface area contributed by atoms with Crippen molar-refractivity contribution in [1.82, 2.24) is 100 Å². The fourth-order valence-corrected chi connectivity index (χ4v) is 13.1. The molecule has 0 saturated carbocycles. The second kappa shape index (κ2) is 34.3. The van der Waals surface area contributed by atoms with E-state index in [4.69, 9.17) is 17.7 Å². The number of rotatable bonds is 0. The summed E-state index contributed by atoms with van der Waals surface area (Å²) in [4.78, 5) is 32.0. The third kappa shape index (κ3) is 19.1. The lowest BCUT2D eigenvalue weighted by molar-refractivity contribution is 0.495. The van der Waals surface area contributed by atoms with Crippen LogP contribution >= 0.6 is 0 Å². The maximum Gasteiger partial charge on any atom is 0.246 e. The molecule has 0 saturated heterocycles. The normalized spacial score (nSPS) is 16.5. The van der Waals surface area contributed by atoms with Crippen LogP contribution in [0, 0.1) is 46.5 Å². The second-order valence-electron chi connectivity index (χ2n) is 26.6. The minimum absolute atomic E-state index is 0.602. The van der Waals surface area contributed by atoms with Crippen molar-refractivity contribution < 1.29 is 17.7 Å². The highest BCUT2D eigenvalue weighted by atomic mass is 16.4. The van der Waals surface area contributed by atoms with Gasteiger partial charge in [-0.15, -0.1) is 0 Å². The quantitative estimate of drug-likeness (QED) is 0.110. The van der Waals surface area contributed by atoms with Gasteiger partial charge >= 0.3 is 0 Å². The van der Waals surface area contributed by atoms with Gasteiger partial charge in [0.2, 0.25) is 22.9 Å². The van der Waals surface area contributed by atoms with Crippen molar-refractivity contribution in [3.8, 4) is 0 Å². The predicted octanol–water partition coefficient (Wildman–Crippen LogP) is 14.8. The fourth-order valence-electron chi connectivity index (χ4n) is 13.1. The van der Waals surface area contributed by atoms with Crippen LogP contribution in [0.4, 0.5) is 0 Å². The lowest BCUT2D eigenvalue weighted by atomic mass is 9.89. The van der Waals surface area contributed by atoms with Crippen molar-refractivity contribution in [2.45, 2.75) is 190 Å². The number of nitrogens with one attached hydrogen (secondary N) is 4. The first kappa shape index (κ1) is 70.1. The molecule has 14 aromatic rings. The highest BCUT2D eigenvalue weighted by molar-refractivity contribution is 5.71. The molecule has 24 nitrogen and oxygen atoms in total. The number of H-pyrrole nitrogens is 4. The third-order valence-corrected chi connectivity index (χ3v) is 18.8. The summed E-state index contributed by atoms with van der Waals surface area (Å²) >= 11 is 0. The fraction of sp³-hybridized carbons (Fsp3) is 0.440. The molecule has 14 aromatic heterocycles. The van der Waals surface area contributed by atoms with Gasteiger partial charge in [0, 0.05) is 79.5 Å². The molecular weight excluding hydrogens is 1240 g/mol. The molecule has 0 amide bonds. The largest absolute Gasteiger partial charge is 0.425 e. The van der Waals surface area contributed by atoms with Crippen molar-refractivity contribution in [3.63, 3.8) is 0 Å². The Morgan fingerprint density at radius 1 is 0.475 bits per heavy atom. The Balaban J connectivity index is 0.000000111. The Morgan fingerprint density at radius 3 is 1.92 bits per heavy atom. The predicted molar refractivity (Wildman–Crippen MR) is 381 cm³/mol. The summed E-state index contributed by atoms with van der Waals surface area (Å²) in [6, 6.07) is 11.4. The molecule has 0 aromatic carbocycles. The summed E-state index contributed by atoms with van der Waals surface area (Å²) in [6.07, 6.45) is 44.6. The highest BCUT2D eigenvalue weighted by Crippen LogP contribution is 2.30. The number of fused-ring (bicyclic) bond motifs is 10. The van der Waals surface area contributed by atoms with E-state index >= 15 is 0 Å². The van der Waals surface area contributed by atoms with Crippen LogP contribution in [-0.4, -0.2) is 100 Å². The molecule has 4 N–H and O–H groups in total. The Bertz CT molecular complexity index is 4550. The van der Waals surface area contributed by atoms with Crippen molar-refractivity contribution in [1.29, 1.82) is 0 Å². The van der Waals surface area contributed by atoms with E-state index in [2.05, 4.69) is 119 Å². The molecule has 99 heavy (non-hydrogen) atoms. The number of aromatic nitrogens is 20. The van der Waals surface area contributed by atoms with Crippen LogP contribution in [-0.2, 0) is 84.7 Å². The zero-order chi connectivity index (χ0) is 69.0. The van der Waals surface area contributed by atoms with Crippen LogP contribution < -0.4 is 0 Å². The zero-order valence-electron chi connectivity index (χ0n) is 59.0. The minimum atomic E-state index is 0.602. The molecule has 3 unspecified atom stereocenters. The molecule has 0 spiro atoms. The Hall–Kier alpha value is -10.3. The molecule has 518 valence electrons. The summed E-state index contributed by atoms with van der Waals surface area (Å²) in [6.45, 7) is 16.7. The molecule has 0 fully saturated rings. The van der Waals surface area contributed by atoms with E-state index in [0.29, 0.717) is 28.7 Å². The first-order valence-electron chi connectivity index (χ1n) is 34.9. The highest BCUT2D eigenvalue weighted by Gasteiger charge is 2.20. The number of hydrogen-bond donors (Lipinski definition) is 4. The molecule has 0 aliphatic heterocycles. The summed E-state index contributed by atoms with van der Waals surface area (Å²) in [7, 11) is 4.05. The van der Waals surface area contributed by atoms with Crippen LogP contribution in [0.1, 0.15) is 180 Å². The van der Waals surface area contributed by atoms with Crippen molar-refractivity contribution in [2.75, 3.05) is 0 Å². The Labute approximate surface area is 576 Å². The van der Waals surface area contributed by atoms with Gasteiger partial charge in [0.05, 0.1) is 36.7 Å². The van der Waals surface area contributed by atoms with Crippen molar-refractivity contribution >= 4 is 44.9 Å². The summed E-state index contributed by atoms with van der Waals surface area (Å²) in [5.74, 6) is 3.08. The number of hydrogen-bond acceptors (Lipinski definition) is 18. The monoisotopic (exact) mass is 1340 g/mol. The zero-order valence-corrected chi connectivity index (χ0v) is 59.0. The number of aromatic amines is 4. The molecule has 24 heteroatoms. The smallest absolute Gasteiger partial charge is 0.246 e. The average Bonchev–Trinajstić information content (AvgIpc) is 1.74. The van der Waals surface area contributed by atoms with Gasteiger partial charge in [0.1, 0.15) is 22.1 Å². The van der Waals surface area contributed by atoms with Crippen LogP contribution in [0.25, 0.3) is 44.9 Å². The van der Waals surface area contributed by atoms with E-state index in [1.807, 2.05) is 119 Å². The Morgan fingerprint density at radius 2 is 1.14 bits per heavy atom. The molecule has 6 aliphatic carbocycles. The lowest BCUT2D eigenvalue weighted by Gasteiger charge is -2.16. The Kier molecular flexibility index (Phi) is 24.3. The number of aryl methyl sites for hydroxylation is 13. The van der Waals surface area contributed by atoms with E-state index in [0.717, 1.165) is 56.6 Å². The van der Waals surface area contributed by atoms with E-state index in [-0.39, 0.29) is 0 Å². The van der Waals surface area contributed by atoms with Gasteiger partial charge in [-0.1, -0.05) is 20.8 Å². The van der Waals surface area contributed by atoms with Gasteiger partial charge in [-0.05, 0) is 255 Å². The van der Waals surface area contributed by atoms with E-state index in [1.54, 1.807) is 18.6 Å². The first-order valence-corrected chi connectivity index (χ1v) is 34.9. The third-order valence-electron chi connectivity index (χ3n) is 18.8. The van der Waals surface area contributed by atoms with Crippen LogP contribution in [0.2, 0.25) is 0 Å². The van der Waals surface area contributed by atoms with Gasteiger partial charge in [0.25, 0.3) is 0 Å². The molecule has 14 heterocycles. The number of nitrogens with zero attached hydrogens (tertiary/aromatic N) is 16. The standard InChI is InChI=1S/5C8H12N2.4C7H6N2O.C7H10N2/c1-6-2-3-8-7(4-6)5-9-10-8;1-6-2-3-7-5-9-10-8(7)4-6;1-6-3-2-4-8-7(6)5-9-10-8;1-10-8-5-3-2-4-7(8)6-9-10;1-6-7-4-2-3-5-8(7)10-9-6;1-5-2-6-7(8-3-5)10-4-9-6;1-5-2-3-8-7-6(5)9-4-10-7;1-5-2-3-6-7(9-5)10-4-8-6;1-5-9-6-3-2-4-8-7(6)10-5;1-9-7-4-2-3-6(7)5-8-9/h3*5-6H,2-4H2,1H3,(H,9,10);6H,2-5H2,1H3;2-5H2,1H3,(H,9,10);4*2-4H,1H3;5H,2-4H2,1H3.